The number of carbonyl (C=O) groups is 2. The van der Waals surface area contributed by atoms with Gasteiger partial charge in [-0.15, -0.1) is 11.8 Å². The van der Waals surface area contributed by atoms with Crippen LogP contribution in [0.1, 0.15) is 33.4 Å². The molecule has 0 amide bonds. The van der Waals surface area contributed by atoms with E-state index in [1.807, 2.05) is 0 Å². The van der Waals surface area contributed by atoms with Gasteiger partial charge in [0.2, 0.25) is 0 Å². The topological polar surface area (TPSA) is 76.7 Å². The fourth-order valence-electron chi connectivity index (χ4n) is 1.69. The van der Waals surface area contributed by atoms with Crippen LogP contribution in [0.4, 0.5) is 0 Å². The molecule has 0 aliphatic rings. The number of carboxylic acids is 1. The molecule has 0 aliphatic carbocycles. The Morgan fingerprint density at radius 2 is 1.95 bits per heavy atom. The van der Waals surface area contributed by atoms with E-state index in [9.17, 15) is 9.59 Å². The molecule has 110 valence electrons. The minimum absolute atomic E-state index is 0.240. The molecule has 21 heavy (non-hydrogen) atoms. The van der Waals surface area contributed by atoms with Crippen molar-refractivity contribution in [3.05, 3.63) is 53.5 Å². The first-order chi connectivity index (χ1) is 10.1. The predicted octanol–water partition coefficient (Wildman–Crippen LogP) is 3.45. The molecule has 0 saturated carbocycles. The normalized spacial score (nSPS) is 10.3. The van der Waals surface area contributed by atoms with Crippen LogP contribution in [-0.2, 0) is 10.5 Å². The van der Waals surface area contributed by atoms with Gasteiger partial charge in [0.15, 0.2) is 0 Å². The Morgan fingerprint density at radius 1 is 1.24 bits per heavy atom. The summed E-state index contributed by atoms with van der Waals surface area (Å²) >= 11 is 1.45. The molecule has 0 saturated heterocycles. The third-order valence-electron chi connectivity index (χ3n) is 2.71. The lowest BCUT2D eigenvalue weighted by Gasteiger charge is -2.03. The zero-order chi connectivity index (χ0) is 15.2. The summed E-state index contributed by atoms with van der Waals surface area (Å²) in [5.74, 6) is -0.348. The second-order valence-corrected chi connectivity index (χ2v) is 5.14. The van der Waals surface area contributed by atoms with Gasteiger partial charge < -0.3 is 14.3 Å². The minimum atomic E-state index is -0.956. The average Bonchev–Trinajstić information content (AvgIpc) is 2.94. The molecule has 1 aromatic carbocycles. The van der Waals surface area contributed by atoms with Crippen LogP contribution in [0.5, 0.6) is 0 Å². The van der Waals surface area contributed by atoms with Crippen LogP contribution < -0.4 is 0 Å². The van der Waals surface area contributed by atoms with Crippen molar-refractivity contribution in [2.45, 2.75) is 17.6 Å². The van der Waals surface area contributed by atoms with E-state index in [1.165, 1.54) is 18.0 Å². The van der Waals surface area contributed by atoms with Crippen molar-refractivity contribution in [1.29, 1.82) is 0 Å². The van der Waals surface area contributed by atoms with Gasteiger partial charge in [-0.05, 0) is 37.3 Å². The quantitative estimate of drug-likeness (QED) is 0.650. The number of rotatable bonds is 6. The summed E-state index contributed by atoms with van der Waals surface area (Å²) in [4.78, 5) is 23.4. The van der Waals surface area contributed by atoms with Gasteiger partial charge in [-0.25, -0.2) is 9.59 Å². The number of ether oxygens (including phenoxy) is 1. The summed E-state index contributed by atoms with van der Waals surface area (Å²) in [7, 11) is 0. The summed E-state index contributed by atoms with van der Waals surface area (Å²) in [6.07, 6.45) is 1.45. The molecule has 0 unspecified atom stereocenters. The second kappa shape index (κ2) is 6.99. The largest absolute Gasteiger partial charge is 0.478 e. The van der Waals surface area contributed by atoms with Crippen LogP contribution in [-0.4, -0.2) is 23.7 Å². The van der Waals surface area contributed by atoms with Crippen LogP contribution >= 0.6 is 11.8 Å². The van der Waals surface area contributed by atoms with Gasteiger partial charge in [-0.3, -0.25) is 0 Å². The first-order valence-corrected chi connectivity index (χ1v) is 7.30. The van der Waals surface area contributed by atoms with Gasteiger partial charge in [-0.1, -0.05) is 0 Å². The van der Waals surface area contributed by atoms with Crippen molar-refractivity contribution in [3.8, 4) is 0 Å². The van der Waals surface area contributed by atoms with Crippen LogP contribution in [0.2, 0.25) is 0 Å². The third kappa shape index (κ3) is 3.88. The first kappa shape index (κ1) is 15.2. The molecule has 0 fully saturated rings. The van der Waals surface area contributed by atoms with Crippen LogP contribution in [0.15, 0.2) is 45.9 Å². The van der Waals surface area contributed by atoms with Gasteiger partial charge in [-0.2, -0.15) is 0 Å². The van der Waals surface area contributed by atoms with Crippen molar-refractivity contribution in [2.75, 3.05) is 6.61 Å². The first-order valence-electron chi connectivity index (χ1n) is 6.31. The van der Waals surface area contributed by atoms with Crippen molar-refractivity contribution in [2.24, 2.45) is 0 Å². The highest BCUT2D eigenvalue weighted by Crippen LogP contribution is 2.25. The zero-order valence-electron chi connectivity index (χ0n) is 11.4. The van der Waals surface area contributed by atoms with E-state index in [-0.39, 0.29) is 5.56 Å². The number of furan rings is 1. The maximum atomic E-state index is 11.7. The molecule has 2 rings (SSSR count). The fourth-order valence-corrected chi connectivity index (χ4v) is 2.54. The van der Waals surface area contributed by atoms with E-state index in [2.05, 4.69) is 0 Å². The lowest BCUT2D eigenvalue weighted by Crippen LogP contribution is -2.05. The van der Waals surface area contributed by atoms with E-state index in [1.54, 1.807) is 37.3 Å². The van der Waals surface area contributed by atoms with Crippen LogP contribution in [0.3, 0.4) is 0 Å². The SMILES string of the molecule is CCOC(=O)c1ccoc1CSc1ccc(C(=O)O)cc1. The maximum absolute atomic E-state index is 11.7. The number of hydrogen-bond acceptors (Lipinski definition) is 5. The number of carbonyl (C=O) groups excluding carboxylic acids is 1. The molecular formula is C15H14O5S. The molecule has 6 heteroatoms. The number of carboxylic acid groups (broad SMARTS) is 1. The highest BCUT2D eigenvalue weighted by molar-refractivity contribution is 7.98. The molecule has 1 N–H and O–H groups in total. The van der Waals surface area contributed by atoms with Crippen molar-refractivity contribution >= 4 is 23.7 Å². The smallest absolute Gasteiger partial charge is 0.341 e. The molecule has 0 spiro atoms. The number of thioether (sulfide) groups is 1. The summed E-state index contributed by atoms with van der Waals surface area (Å²) in [5.41, 5.74) is 0.663. The number of esters is 1. The molecule has 2 aromatic rings. The molecule has 0 radical (unpaired) electrons. The lowest BCUT2D eigenvalue weighted by atomic mass is 10.2. The van der Waals surface area contributed by atoms with Gasteiger partial charge in [0.25, 0.3) is 0 Å². The Morgan fingerprint density at radius 3 is 2.57 bits per heavy atom. The minimum Gasteiger partial charge on any atom is -0.478 e. The Bertz CT molecular complexity index is 630. The molecule has 0 aliphatic heterocycles. The fraction of sp³-hybridized carbons (Fsp3) is 0.200. The van der Waals surface area contributed by atoms with E-state index < -0.39 is 11.9 Å². The van der Waals surface area contributed by atoms with Gasteiger partial charge in [0, 0.05) is 4.90 Å². The molecule has 0 atom stereocenters. The highest BCUT2D eigenvalue weighted by Gasteiger charge is 2.15. The number of hydrogen-bond donors (Lipinski definition) is 1. The standard InChI is InChI=1S/C15H14O5S/c1-2-19-15(18)12-7-8-20-13(12)9-21-11-5-3-10(4-6-11)14(16)17/h3-8H,2,9H2,1H3,(H,16,17). The molecular weight excluding hydrogens is 292 g/mol. The lowest BCUT2D eigenvalue weighted by molar-refractivity contribution is 0.0523. The Balaban J connectivity index is 2.01. The van der Waals surface area contributed by atoms with E-state index in [4.69, 9.17) is 14.3 Å². The predicted molar refractivity (Wildman–Crippen MR) is 77.6 cm³/mol. The molecule has 1 heterocycles. The third-order valence-corrected chi connectivity index (χ3v) is 3.72. The zero-order valence-corrected chi connectivity index (χ0v) is 12.2. The number of benzene rings is 1. The van der Waals surface area contributed by atoms with E-state index >= 15 is 0 Å². The highest BCUT2D eigenvalue weighted by atomic mass is 32.2. The summed E-state index contributed by atoms with van der Waals surface area (Å²) in [5, 5.41) is 8.83. The summed E-state index contributed by atoms with van der Waals surface area (Å²) < 4.78 is 10.2. The Hall–Kier alpha value is -2.21. The monoisotopic (exact) mass is 306 g/mol. The van der Waals surface area contributed by atoms with Crippen molar-refractivity contribution < 1.29 is 23.8 Å². The molecule has 1 aromatic heterocycles. The van der Waals surface area contributed by atoms with E-state index in [0.717, 1.165) is 4.90 Å². The maximum Gasteiger partial charge on any atom is 0.341 e. The van der Waals surface area contributed by atoms with Gasteiger partial charge in [0.05, 0.1) is 24.2 Å². The molecule has 5 nitrogen and oxygen atoms in total. The summed E-state index contributed by atoms with van der Waals surface area (Å²) in [6.45, 7) is 2.06. The van der Waals surface area contributed by atoms with Gasteiger partial charge >= 0.3 is 11.9 Å². The second-order valence-electron chi connectivity index (χ2n) is 4.10. The number of aromatic carboxylic acids is 1. The van der Waals surface area contributed by atoms with Crippen molar-refractivity contribution in [1.82, 2.24) is 0 Å². The molecule has 0 bridgehead atoms. The summed E-state index contributed by atoms with van der Waals surface area (Å²) in [6, 6.07) is 8.11. The van der Waals surface area contributed by atoms with Crippen LogP contribution in [0.25, 0.3) is 0 Å². The van der Waals surface area contributed by atoms with E-state index in [0.29, 0.717) is 23.7 Å². The van der Waals surface area contributed by atoms with Crippen LogP contribution in [0, 0.1) is 0 Å². The average molecular weight is 306 g/mol. The Labute approximate surface area is 125 Å². The van der Waals surface area contributed by atoms with Gasteiger partial charge in [0.1, 0.15) is 11.3 Å². The Kier molecular flexibility index (Phi) is 5.05. The van der Waals surface area contributed by atoms with Crippen molar-refractivity contribution in [3.63, 3.8) is 0 Å².